The van der Waals surface area contributed by atoms with Gasteiger partial charge in [0.1, 0.15) is 17.9 Å². The number of alkyl halides is 3. The van der Waals surface area contributed by atoms with Gasteiger partial charge in [-0.25, -0.2) is 22.1 Å². The van der Waals surface area contributed by atoms with E-state index < -0.39 is 86.9 Å². The summed E-state index contributed by atoms with van der Waals surface area (Å²) in [7, 11) is -4.86. The molecule has 2 aromatic rings. The average Bonchev–Trinajstić information content (AvgIpc) is 3.20. The fourth-order valence-corrected chi connectivity index (χ4v) is 6.01. The number of aliphatic hydroxyl groups excluding tert-OH is 1. The summed E-state index contributed by atoms with van der Waals surface area (Å²) < 4.78 is 93.5. The Balaban J connectivity index is 1.66. The van der Waals surface area contributed by atoms with Crippen LogP contribution in [0.1, 0.15) is 27.2 Å². The van der Waals surface area contributed by atoms with Crippen LogP contribution in [-0.2, 0) is 32.9 Å². The van der Waals surface area contributed by atoms with Crippen LogP contribution in [0.25, 0.3) is 10.8 Å². The molecule has 2 aliphatic rings. The summed E-state index contributed by atoms with van der Waals surface area (Å²) >= 11 is 0. The monoisotopic (exact) mass is 632 g/mol. The summed E-state index contributed by atoms with van der Waals surface area (Å²) in [4.78, 5) is 36.5. The van der Waals surface area contributed by atoms with Crippen molar-refractivity contribution in [3.05, 3.63) is 54.5 Å². The number of esters is 1. The number of hydrogen-bond donors (Lipinski definition) is 2. The first-order valence-corrected chi connectivity index (χ1v) is 14.6. The van der Waals surface area contributed by atoms with E-state index in [-0.39, 0.29) is 10.6 Å². The van der Waals surface area contributed by atoms with Crippen LogP contribution in [0.3, 0.4) is 0 Å². The van der Waals surface area contributed by atoms with Crippen LogP contribution in [0, 0.1) is 0 Å². The highest BCUT2D eigenvalue weighted by Gasteiger charge is 2.63. The van der Waals surface area contributed by atoms with Gasteiger partial charge in [-0.2, -0.15) is 5.09 Å². The van der Waals surface area contributed by atoms with Crippen LogP contribution >= 0.6 is 7.75 Å². The minimum atomic E-state index is -4.86. The topological polar surface area (TPSA) is 141 Å². The maximum Gasteiger partial charge on any atom is 0.459 e. The minimum Gasteiger partial charge on any atom is -0.462 e. The number of ether oxygens (including phenoxy) is 2. The molecule has 2 heterocycles. The summed E-state index contributed by atoms with van der Waals surface area (Å²) in [6.07, 6.45) is -12.7. The second kappa shape index (κ2) is 12.7. The number of carbonyl (C=O) groups excluding carboxylic acids is 3. The fourth-order valence-electron chi connectivity index (χ4n) is 4.46. The van der Waals surface area contributed by atoms with E-state index in [4.69, 9.17) is 18.5 Å². The lowest BCUT2D eigenvalue weighted by Crippen LogP contribution is -2.52. The molecule has 1 unspecified atom stereocenters. The number of halogens is 4. The van der Waals surface area contributed by atoms with E-state index in [0.717, 1.165) is 0 Å². The van der Waals surface area contributed by atoms with Crippen LogP contribution in [-0.4, -0.2) is 76.9 Å². The van der Waals surface area contributed by atoms with E-state index in [1.165, 1.54) is 13.0 Å². The quantitative estimate of drug-likeness (QED) is 0.162. The molecule has 2 aromatic carbocycles. The molecular formula is C27H29F4N2O9P. The van der Waals surface area contributed by atoms with Crippen molar-refractivity contribution in [2.24, 2.45) is 0 Å². The summed E-state index contributed by atoms with van der Waals surface area (Å²) in [6.45, 7) is 2.88. The van der Waals surface area contributed by atoms with Gasteiger partial charge in [0.05, 0.1) is 19.1 Å². The maximum absolute atomic E-state index is 15.2. The van der Waals surface area contributed by atoms with Crippen molar-refractivity contribution < 1.29 is 60.1 Å². The number of ketones is 1. The molecular weight excluding hydrogens is 603 g/mol. The van der Waals surface area contributed by atoms with Crippen molar-refractivity contribution >= 4 is 36.2 Å². The number of fused-ring (bicyclic) bond motifs is 1. The highest BCUT2D eigenvalue weighted by Crippen LogP contribution is 2.50. The number of carbonyl (C=O) groups is 3. The molecule has 1 fully saturated rings. The lowest BCUT2D eigenvalue weighted by Gasteiger charge is -2.33. The van der Waals surface area contributed by atoms with Gasteiger partial charge >= 0.3 is 13.7 Å². The average molecular weight is 633 g/mol. The lowest BCUT2D eigenvalue weighted by atomic mass is 9.97. The predicted molar refractivity (Wildman–Crippen MR) is 142 cm³/mol. The number of rotatable bonds is 11. The molecule has 11 nitrogen and oxygen atoms in total. The van der Waals surface area contributed by atoms with Gasteiger partial charge in [0.2, 0.25) is 11.7 Å². The number of aliphatic hydroxyl groups is 1. The first kappa shape index (κ1) is 32.6. The molecule has 16 heteroatoms. The Morgan fingerprint density at radius 2 is 1.86 bits per heavy atom. The Kier molecular flexibility index (Phi) is 9.62. The number of amides is 1. The van der Waals surface area contributed by atoms with Gasteiger partial charge < -0.3 is 19.1 Å². The summed E-state index contributed by atoms with van der Waals surface area (Å²) in [5, 5.41) is 14.0. The van der Waals surface area contributed by atoms with Gasteiger partial charge in [-0.15, -0.1) is 0 Å². The second-order valence-corrected chi connectivity index (χ2v) is 11.9. The molecule has 43 heavy (non-hydrogen) atoms. The Bertz CT molecular complexity index is 1470. The van der Waals surface area contributed by atoms with E-state index in [0.29, 0.717) is 17.0 Å². The molecule has 2 aliphatic heterocycles. The van der Waals surface area contributed by atoms with Crippen molar-refractivity contribution in [2.45, 2.75) is 69.9 Å². The molecule has 2 N–H and O–H groups in total. The van der Waals surface area contributed by atoms with E-state index in [9.17, 15) is 37.2 Å². The summed E-state index contributed by atoms with van der Waals surface area (Å²) in [5.74, 6) is -4.75. The normalized spacial score (nSPS) is 26.5. The lowest BCUT2D eigenvalue weighted by molar-refractivity contribution is -0.200. The zero-order chi connectivity index (χ0) is 31.7. The number of nitrogens with one attached hydrogen (secondary N) is 1. The van der Waals surface area contributed by atoms with Crippen LogP contribution < -0.4 is 9.61 Å². The van der Waals surface area contributed by atoms with E-state index in [1.807, 2.05) is 0 Å². The van der Waals surface area contributed by atoms with Gasteiger partial charge in [-0.3, -0.25) is 23.8 Å². The fraction of sp³-hybridized carbons (Fsp3) is 0.444. The highest BCUT2D eigenvalue weighted by molar-refractivity contribution is 7.52. The highest BCUT2D eigenvalue weighted by atomic mass is 31.2. The van der Waals surface area contributed by atoms with Crippen molar-refractivity contribution in [1.29, 1.82) is 0 Å². The van der Waals surface area contributed by atoms with Gasteiger partial charge in [0.25, 0.3) is 6.43 Å². The van der Waals surface area contributed by atoms with E-state index >= 15 is 4.39 Å². The Labute approximate surface area is 243 Å². The summed E-state index contributed by atoms with van der Waals surface area (Å²) in [6, 6.07) is 10.00. The standard InChI is InChI=1S/C27H29F4N2O9P/c1-14(2)40-25(37)15(3)32-43(38,42-20-10-6-8-16-7-4-5-9-17(16)20)39-13-27(26(30)31)23(36)22(29)24(41-27)33-12-18(28)19(34)11-21(33)35/h4-10,12,14-15,22-24,26,36H,11,13H2,1-3H3,(H,32,38)/t15-,22-,23-,24+,27+,43?/m0/s1. The zero-order valence-corrected chi connectivity index (χ0v) is 24.0. The number of hydrogen-bond acceptors (Lipinski definition) is 9. The Hall–Kier alpha value is -3.36. The minimum absolute atomic E-state index is 0.0391. The van der Waals surface area contributed by atoms with Crippen LogP contribution in [0.4, 0.5) is 17.6 Å². The van der Waals surface area contributed by atoms with E-state index in [1.54, 1.807) is 50.2 Å². The van der Waals surface area contributed by atoms with Gasteiger partial charge in [0, 0.05) is 11.6 Å². The van der Waals surface area contributed by atoms with Gasteiger partial charge in [-0.05, 0) is 32.2 Å². The molecule has 0 saturated carbocycles. The van der Waals surface area contributed by atoms with Crippen molar-refractivity contribution in [3.8, 4) is 5.75 Å². The molecule has 1 saturated heterocycles. The third kappa shape index (κ3) is 6.75. The SMILES string of the molecule is CC(C)OC(=O)[C@H](C)NP(=O)(OC[C@@]1(C(F)F)O[C@@H](N2C=C(F)C(=O)CC2=O)[C@@H](F)[C@@H]1O)Oc1cccc2ccccc12. The number of allylic oxidation sites excluding steroid dienone is 1. The Morgan fingerprint density at radius 1 is 1.19 bits per heavy atom. The molecule has 4 rings (SSSR count). The molecule has 0 spiro atoms. The second-order valence-electron chi connectivity index (χ2n) is 10.2. The van der Waals surface area contributed by atoms with Gasteiger partial charge in [0.15, 0.2) is 23.8 Å². The molecule has 0 aliphatic carbocycles. The number of nitrogens with zero attached hydrogens (tertiary/aromatic N) is 1. The van der Waals surface area contributed by atoms with Gasteiger partial charge in [-0.1, -0.05) is 36.4 Å². The molecule has 0 radical (unpaired) electrons. The van der Waals surface area contributed by atoms with Crippen LogP contribution in [0.2, 0.25) is 0 Å². The molecule has 0 aromatic heterocycles. The smallest absolute Gasteiger partial charge is 0.459 e. The third-order valence-corrected chi connectivity index (χ3v) is 8.27. The first-order valence-electron chi connectivity index (χ1n) is 13.1. The van der Waals surface area contributed by atoms with E-state index in [2.05, 4.69) is 5.09 Å². The number of Topliss-reactive ketones (excluding diaryl/α,β-unsaturated/α-hetero) is 1. The molecule has 6 atom stereocenters. The van der Waals surface area contributed by atoms with Crippen LogP contribution in [0.15, 0.2) is 54.5 Å². The zero-order valence-electron chi connectivity index (χ0n) is 23.1. The van der Waals surface area contributed by atoms with Crippen LogP contribution in [0.5, 0.6) is 5.75 Å². The number of benzene rings is 2. The largest absolute Gasteiger partial charge is 0.462 e. The summed E-state index contributed by atoms with van der Waals surface area (Å²) in [5.41, 5.74) is -3.25. The molecule has 0 bridgehead atoms. The van der Waals surface area contributed by atoms with Crippen molar-refractivity contribution in [3.63, 3.8) is 0 Å². The maximum atomic E-state index is 15.2. The molecule has 1 amide bonds. The predicted octanol–water partition coefficient (Wildman–Crippen LogP) is 3.94. The third-order valence-electron chi connectivity index (χ3n) is 6.66. The van der Waals surface area contributed by atoms with Crippen molar-refractivity contribution in [1.82, 2.24) is 9.99 Å². The Morgan fingerprint density at radius 3 is 2.53 bits per heavy atom. The molecule has 234 valence electrons. The first-order chi connectivity index (χ1) is 20.2. The van der Waals surface area contributed by atoms with Crippen molar-refractivity contribution in [2.75, 3.05) is 6.61 Å².